The summed E-state index contributed by atoms with van der Waals surface area (Å²) in [5.74, 6) is -3.86. The van der Waals surface area contributed by atoms with Crippen LogP contribution in [0.4, 0.5) is 5.82 Å². The van der Waals surface area contributed by atoms with E-state index < -0.39 is 119 Å². The number of carbonyl (C=O) groups excluding carboxylic acids is 4. The average molecular weight is 1230 g/mol. The molecule has 3 heterocycles. The number of nitrogen functional groups attached to an aromatic ring is 1. The van der Waals surface area contributed by atoms with Crippen LogP contribution in [-0.4, -0.2) is 179 Å². The molecule has 2 aromatic heterocycles. The summed E-state index contributed by atoms with van der Waals surface area (Å²) < 4.78 is 62.4. The van der Waals surface area contributed by atoms with Crippen LogP contribution in [0.1, 0.15) is 71.4 Å². The third-order valence-corrected chi connectivity index (χ3v) is 16.3. The summed E-state index contributed by atoms with van der Waals surface area (Å²) in [6, 6.07) is -1.12. The Bertz CT molecular complexity index is 2690. The summed E-state index contributed by atoms with van der Waals surface area (Å²) in [6.07, 6.45) is 7.10. The third-order valence-electron chi connectivity index (χ3n) is 11.0. The monoisotopic (exact) mass is 1230 g/mol. The molecular formula is C44H67N8O23P3S2. The lowest BCUT2D eigenvalue weighted by Crippen LogP contribution is -2.46. The predicted octanol–water partition coefficient (Wildman–Crippen LogP) is 1.15. The first-order valence-corrected chi connectivity index (χ1v) is 30.7. The number of thioether (sulfide) groups is 2. The molecule has 0 radical (unpaired) electrons. The van der Waals surface area contributed by atoms with Gasteiger partial charge in [0.25, 0.3) is 0 Å². The van der Waals surface area contributed by atoms with E-state index in [0.29, 0.717) is 12.8 Å². The molecule has 1 saturated heterocycles. The van der Waals surface area contributed by atoms with Gasteiger partial charge in [-0.15, -0.1) is 11.8 Å². The van der Waals surface area contributed by atoms with Gasteiger partial charge < -0.3 is 71.9 Å². The van der Waals surface area contributed by atoms with Gasteiger partial charge in [0, 0.05) is 54.5 Å². The molecule has 0 aliphatic carbocycles. The molecule has 0 aromatic carbocycles. The van der Waals surface area contributed by atoms with Gasteiger partial charge in [0.05, 0.1) is 32.1 Å². The second-order valence-corrected chi connectivity index (χ2v) is 24.6. The number of carboxylic acids is 2. The van der Waals surface area contributed by atoms with E-state index in [1.807, 2.05) is 12.2 Å². The average Bonchev–Trinajstić information content (AvgIpc) is 3.96. The van der Waals surface area contributed by atoms with Crippen molar-refractivity contribution >= 4 is 98.6 Å². The Labute approximate surface area is 466 Å². The van der Waals surface area contributed by atoms with Gasteiger partial charge in [-0.25, -0.2) is 28.6 Å². The minimum atomic E-state index is -5.62. The van der Waals surface area contributed by atoms with E-state index in [-0.39, 0.29) is 85.9 Å². The smallest absolute Gasteiger partial charge is 0.481 e. The summed E-state index contributed by atoms with van der Waals surface area (Å²) in [6.45, 7) is 0.101. The molecule has 10 atom stereocenters. The number of aromatic nitrogens is 4. The molecule has 0 spiro atoms. The van der Waals surface area contributed by atoms with Crippen molar-refractivity contribution in [2.24, 2.45) is 11.1 Å². The van der Waals surface area contributed by atoms with Crippen LogP contribution in [0.2, 0.25) is 0 Å². The van der Waals surface area contributed by atoms with E-state index in [0.717, 1.165) is 40.7 Å². The van der Waals surface area contributed by atoms with Gasteiger partial charge in [-0.1, -0.05) is 74.2 Å². The van der Waals surface area contributed by atoms with Crippen LogP contribution >= 0.6 is 47.0 Å². The lowest BCUT2D eigenvalue weighted by molar-refractivity contribution is -0.138. The topological polar surface area (TPSA) is 502 Å². The van der Waals surface area contributed by atoms with Crippen LogP contribution in [0.5, 0.6) is 0 Å². The number of nitrogens with one attached hydrogen (secondary N) is 2. The highest BCUT2D eigenvalue weighted by Gasteiger charge is 2.50. The zero-order valence-electron chi connectivity index (χ0n) is 43.1. The minimum absolute atomic E-state index is 0.00931. The van der Waals surface area contributed by atoms with E-state index in [1.165, 1.54) is 13.8 Å². The summed E-state index contributed by atoms with van der Waals surface area (Å²) >= 11 is 2.01. The number of allylic oxidation sites excluding steroid dienone is 7. The van der Waals surface area contributed by atoms with Crippen molar-refractivity contribution in [2.45, 2.75) is 113 Å². The van der Waals surface area contributed by atoms with Gasteiger partial charge in [0.15, 0.2) is 22.8 Å². The second-order valence-electron chi connectivity index (χ2n) is 18.0. The lowest BCUT2D eigenvalue weighted by Gasteiger charge is -2.30. The van der Waals surface area contributed by atoms with Crippen LogP contribution in [0, 0.1) is 5.41 Å². The van der Waals surface area contributed by atoms with Crippen molar-refractivity contribution < 1.29 is 110 Å². The Kier molecular flexibility index (Phi) is 29.2. The first kappa shape index (κ1) is 69.7. The quantitative estimate of drug-likeness (QED) is 0.0147. The molecule has 2 amide bonds. The van der Waals surface area contributed by atoms with Gasteiger partial charge in [-0.2, -0.15) is 4.31 Å². The Balaban J connectivity index is 1.31. The van der Waals surface area contributed by atoms with Crippen molar-refractivity contribution in [3.63, 3.8) is 0 Å². The number of phosphoric ester groups is 3. The zero-order chi connectivity index (χ0) is 59.8. The van der Waals surface area contributed by atoms with Crippen molar-refractivity contribution in [1.29, 1.82) is 0 Å². The Morgan fingerprint density at radius 3 is 2.30 bits per heavy atom. The van der Waals surface area contributed by atoms with E-state index in [2.05, 4.69) is 34.4 Å². The molecule has 10 unspecified atom stereocenters. The fourth-order valence-electron chi connectivity index (χ4n) is 6.80. The normalized spacial score (nSPS) is 20.2. The number of carbonyl (C=O) groups is 6. The van der Waals surface area contributed by atoms with Crippen LogP contribution in [0.25, 0.3) is 11.2 Å². The number of hydrogen-bond donors (Lipinski definition) is 13. The van der Waals surface area contributed by atoms with Gasteiger partial charge in [0.1, 0.15) is 48.1 Å². The minimum Gasteiger partial charge on any atom is -0.481 e. The van der Waals surface area contributed by atoms with E-state index in [9.17, 15) is 77.4 Å². The number of aliphatic carboxylic acids is 2. The highest BCUT2D eigenvalue weighted by molar-refractivity contribution is 8.13. The van der Waals surface area contributed by atoms with E-state index in [1.54, 1.807) is 36.5 Å². The molecular weight excluding hydrogens is 1170 g/mol. The maximum atomic E-state index is 12.8. The summed E-state index contributed by atoms with van der Waals surface area (Å²) in [7, 11) is -16.5. The van der Waals surface area contributed by atoms with E-state index >= 15 is 0 Å². The van der Waals surface area contributed by atoms with Crippen LogP contribution < -0.4 is 22.1 Å². The number of aliphatic hydroxyl groups is 3. The molecule has 31 nitrogen and oxygen atoms in total. The number of ketones is 1. The number of nitrogens with two attached hydrogens (primary N) is 2. The summed E-state index contributed by atoms with van der Waals surface area (Å²) in [5, 5.41) is 54.0. The first-order chi connectivity index (χ1) is 37.4. The Morgan fingerprint density at radius 2 is 1.61 bits per heavy atom. The van der Waals surface area contributed by atoms with Crippen molar-refractivity contribution in [3.05, 3.63) is 61.3 Å². The molecule has 15 N–H and O–H groups in total. The number of hydrogen-bond acceptors (Lipinski definition) is 24. The number of phosphoric acid groups is 3. The number of rotatable bonds is 38. The number of Topliss-reactive ketones (excluding diaryl/α,β-unsaturated/α-hetero) is 1. The van der Waals surface area contributed by atoms with Crippen molar-refractivity contribution in [3.8, 4) is 0 Å². The molecule has 0 saturated carbocycles. The summed E-state index contributed by atoms with van der Waals surface area (Å²) in [4.78, 5) is 123. The lowest BCUT2D eigenvalue weighted by atomic mass is 9.87. The number of carboxylic acid groups (broad SMARTS) is 2. The highest BCUT2D eigenvalue weighted by atomic mass is 32.2. The molecule has 0 bridgehead atoms. The number of imidazole rings is 1. The molecule has 448 valence electrons. The van der Waals surface area contributed by atoms with Gasteiger partial charge >= 0.3 is 35.4 Å². The Morgan fingerprint density at radius 1 is 0.912 bits per heavy atom. The molecule has 80 heavy (non-hydrogen) atoms. The third kappa shape index (κ3) is 25.7. The largest absolute Gasteiger partial charge is 0.481 e. The number of ether oxygens (including phenoxy) is 1. The maximum absolute atomic E-state index is 12.8. The fourth-order valence-corrected chi connectivity index (χ4v) is 11.5. The van der Waals surface area contributed by atoms with Crippen molar-refractivity contribution in [1.82, 2.24) is 30.2 Å². The van der Waals surface area contributed by atoms with Gasteiger partial charge in [-0.3, -0.25) is 46.9 Å². The second kappa shape index (κ2) is 33.5. The molecule has 36 heteroatoms. The van der Waals surface area contributed by atoms with Crippen LogP contribution in [0.3, 0.4) is 0 Å². The van der Waals surface area contributed by atoms with Crippen LogP contribution in [0.15, 0.2) is 61.3 Å². The van der Waals surface area contributed by atoms with E-state index in [4.69, 9.17) is 35.5 Å². The molecule has 3 rings (SSSR count). The van der Waals surface area contributed by atoms with Gasteiger partial charge in [0.2, 0.25) is 11.8 Å². The molecule has 1 aliphatic heterocycles. The number of fused-ring (bicyclic) bond motifs is 1. The molecule has 1 fully saturated rings. The first-order valence-electron chi connectivity index (χ1n) is 24.1. The summed E-state index contributed by atoms with van der Waals surface area (Å²) in [5.41, 5.74) is 9.75. The Hall–Kier alpha value is -4.60. The molecule has 2 aromatic rings. The number of nitrogens with zero attached hydrogens (tertiary/aromatic N) is 4. The van der Waals surface area contributed by atoms with Crippen LogP contribution in [-0.2, 0) is 65.1 Å². The maximum Gasteiger partial charge on any atom is 0.481 e. The van der Waals surface area contributed by atoms with Crippen molar-refractivity contribution in [2.75, 3.05) is 43.5 Å². The number of amides is 2. The zero-order valence-corrected chi connectivity index (χ0v) is 47.5. The SMILES string of the molecule is CC(C)(COP(=O)(O)OP(=O)(O)OCC1OC(n2cnc3c(N)ncnc32)C(O)C1OP(=O)(O)O)C(O)C(=O)NCCC(=O)NCCSC(=O)CC(=O)CC/C=C/C/C=C/C=C/C=C/C(SCC(N)C(=O)O)C(O)CCCC(=O)O. The fraction of sp³-hybridized carbons (Fsp3) is 0.568. The predicted molar refractivity (Wildman–Crippen MR) is 286 cm³/mol. The highest BCUT2D eigenvalue weighted by Crippen LogP contribution is 2.61. The number of anilines is 1. The standard InChI is InChI=1S/C44H67N8O23P3S2/c1-44(2,24-72-78(69,70)75-77(67,68)71-22-30-37(74-76(64,65)66)36(59)42(73-30)52-26-51-35-39(46)49-25-50-40(35)52)38(60)41(61)48-18-17-32(55)47-19-20-79-34(58)21-27(53)13-10-8-6-4-3-5-7-9-11-15-31(80-23-28(45)43(62)63)29(54)14-12-16-33(56)57/h3,5-9,11,15,25-26,28-31,36-38,42,54,59-60H,4,10,12-14,16-24,45H2,1-2H3,(H,47,55)(H,48,61)(H,56,57)(H,62,63)(H,67,68)(H,69,70)(H2,46,49,50)(H2,64,65,66)/b5-3+,8-6+,9-7+,15-11+. The molecule has 1 aliphatic rings. The van der Waals surface area contributed by atoms with Gasteiger partial charge in [-0.05, 0) is 25.7 Å². The number of aliphatic hydroxyl groups excluding tert-OH is 3.